The molecule has 2 aromatic rings. The van der Waals surface area contributed by atoms with Crippen molar-refractivity contribution in [2.75, 3.05) is 49.9 Å². The highest BCUT2D eigenvalue weighted by atomic mass is 19.1. The molecule has 0 radical (unpaired) electrons. The van der Waals surface area contributed by atoms with Crippen LogP contribution in [0.15, 0.2) is 42.5 Å². The van der Waals surface area contributed by atoms with E-state index in [2.05, 4.69) is 46.4 Å². The van der Waals surface area contributed by atoms with Gasteiger partial charge in [0.25, 0.3) is 0 Å². The molecule has 0 atom stereocenters. The number of para-hydroxylation sites is 1. The fourth-order valence-electron chi connectivity index (χ4n) is 3.83. The molecule has 1 heterocycles. The molecule has 0 aliphatic carbocycles. The Morgan fingerprint density at radius 1 is 0.806 bits per heavy atom. The molecule has 2 N–H and O–H groups in total. The number of nitrogens with one attached hydrogen (secondary N) is 2. The van der Waals surface area contributed by atoms with Crippen LogP contribution in [-0.4, -0.2) is 60.9 Å². The van der Waals surface area contributed by atoms with Crippen molar-refractivity contribution < 1.29 is 14.0 Å². The first kappa shape index (κ1) is 22.9. The van der Waals surface area contributed by atoms with Crippen LogP contribution in [0.2, 0.25) is 0 Å². The predicted octanol–water partition coefficient (Wildman–Crippen LogP) is 3.15. The minimum absolute atomic E-state index is 0.00176. The van der Waals surface area contributed by atoms with E-state index < -0.39 is 0 Å². The third-order valence-corrected chi connectivity index (χ3v) is 5.59. The van der Waals surface area contributed by atoms with E-state index in [1.807, 2.05) is 6.07 Å². The van der Waals surface area contributed by atoms with Crippen LogP contribution < -0.4 is 10.6 Å². The quantitative estimate of drug-likeness (QED) is 0.681. The molecule has 0 bridgehead atoms. The summed E-state index contributed by atoms with van der Waals surface area (Å²) in [7, 11) is 0. The average molecular weight is 427 g/mol. The largest absolute Gasteiger partial charge is 0.325 e. The van der Waals surface area contributed by atoms with Gasteiger partial charge in [0.2, 0.25) is 11.8 Å². The maximum atomic E-state index is 13.0. The first-order valence-electron chi connectivity index (χ1n) is 10.9. The SMILES string of the molecule is CCc1cccc(CC)c1NC(=O)CN1CCN(CC(=O)Nc2ccc(F)cc2)CC1. The summed E-state index contributed by atoms with van der Waals surface area (Å²) in [6.07, 6.45) is 1.75. The van der Waals surface area contributed by atoms with Gasteiger partial charge in [0.05, 0.1) is 13.1 Å². The summed E-state index contributed by atoms with van der Waals surface area (Å²) in [5, 5.41) is 5.90. The smallest absolute Gasteiger partial charge is 0.238 e. The van der Waals surface area contributed by atoms with Crippen molar-refractivity contribution in [3.05, 3.63) is 59.4 Å². The van der Waals surface area contributed by atoms with Crippen LogP contribution in [-0.2, 0) is 22.4 Å². The molecule has 0 spiro atoms. The van der Waals surface area contributed by atoms with Gasteiger partial charge in [-0.1, -0.05) is 32.0 Å². The summed E-state index contributed by atoms with van der Waals surface area (Å²) in [5.41, 5.74) is 3.85. The number of hydrogen-bond acceptors (Lipinski definition) is 4. The number of aryl methyl sites for hydroxylation is 2. The van der Waals surface area contributed by atoms with Crippen LogP contribution in [0.4, 0.5) is 15.8 Å². The van der Waals surface area contributed by atoms with E-state index >= 15 is 0 Å². The van der Waals surface area contributed by atoms with E-state index in [0.29, 0.717) is 12.2 Å². The zero-order valence-electron chi connectivity index (χ0n) is 18.3. The molecule has 0 unspecified atom stereocenters. The normalized spacial score (nSPS) is 14.9. The van der Waals surface area contributed by atoms with Gasteiger partial charge >= 0.3 is 0 Å². The number of amides is 2. The zero-order chi connectivity index (χ0) is 22.2. The van der Waals surface area contributed by atoms with Crippen LogP contribution in [0.5, 0.6) is 0 Å². The Kier molecular flexibility index (Phi) is 8.14. The summed E-state index contributed by atoms with van der Waals surface area (Å²) >= 11 is 0. The van der Waals surface area contributed by atoms with Gasteiger partial charge in [0, 0.05) is 37.6 Å². The summed E-state index contributed by atoms with van der Waals surface area (Å²) in [5.74, 6) is -0.457. The third-order valence-electron chi connectivity index (χ3n) is 5.59. The standard InChI is InChI=1S/C24H31FN4O2/c1-3-18-6-5-7-19(4-2)24(18)27-23(31)17-29-14-12-28(13-15-29)16-22(30)26-21-10-8-20(25)9-11-21/h5-11H,3-4,12-17H2,1-2H3,(H,26,30)(H,27,31). The van der Waals surface area contributed by atoms with Gasteiger partial charge < -0.3 is 10.6 Å². The molecule has 1 aliphatic heterocycles. The van der Waals surface area contributed by atoms with Gasteiger partial charge in [-0.05, 0) is 48.2 Å². The van der Waals surface area contributed by atoms with Crippen LogP contribution in [0, 0.1) is 5.82 Å². The second kappa shape index (κ2) is 11.0. The number of nitrogens with zero attached hydrogens (tertiary/aromatic N) is 2. The lowest BCUT2D eigenvalue weighted by atomic mass is 10.0. The Morgan fingerprint density at radius 2 is 1.29 bits per heavy atom. The van der Waals surface area contributed by atoms with Crippen LogP contribution in [0.1, 0.15) is 25.0 Å². The molecule has 31 heavy (non-hydrogen) atoms. The van der Waals surface area contributed by atoms with E-state index in [-0.39, 0.29) is 24.2 Å². The van der Waals surface area contributed by atoms with Gasteiger partial charge in [-0.2, -0.15) is 0 Å². The van der Waals surface area contributed by atoms with Crippen molar-refractivity contribution >= 4 is 23.2 Å². The maximum absolute atomic E-state index is 13.0. The Hall–Kier alpha value is -2.77. The molecule has 1 saturated heterocycles. The average Bonchev–Trinajstić information content (AvgIpc) is 2.76. The Labute approximate surface area is 183 Å². The maximum Gasteiger partial charge on any atom is 0.238 e. The third kappa shape index (κ3) is 6.60. The van der Waals surface area contributed by atoms with E-state index in [4.69, 9.17) is 0 Å². The van der Waals surface area contributed by atoms with Crippen LogP contribution in [0.25, 0.3) is 0 Å². The number of hydrogen-bond donors (Lipinski definition) is 2. The summed E-state index contributed by atoms with van der Waals surface area (Å²) < 4.78 is 13.0. The van der Waals surface area contributed by atoms with Crippen LogP contribution >= 0.6 is 0 Å². The van der Waals surface area contributed by atoms with E-state index in [9.17, 15) is 14.0 Å². The molecule has 7 heteroatoms. The fraction of sp³-hybridized carbons (Fsp3) is 0.417. The number of carbonyl (C=O) groups is 2. The van der Waals surface area contributed by atoms with Crippen LogP contribution in [0.3, 0.4) is 0 Å². The fourth-order valence-corrected chi connectivity index (χ4v) is 3.83. The topological polar surface area (TPSA) is 64.7 Å². The molecule has 166 valence electrons. The van der Waals surface area contributed by atoms with Crippen molar-refractivity contribution in [1.29, 1.82) is 0 Å². The summed E-state index contributed by atoms with van der Waals surface area (Å²) in [6.45, 7) is 7.70. The zero-order valence-corrected chi connectivity index (χ0v) is 18.3. The van der Waals surface area contributed by atoms with Gasteiger partial charge in [-0.3, -0.25) is 19.4 Å². The van der Waals surface area contributed by atoms with Crippen molar-refractivity contribution in [2.24, 2.45) is 0 Å². The van der Waals surface area contributed by atoms with E-state index in [1.165, 1.54) is 12.1 Å². The number of rotatable bonds is 8. The highest BCUT2D eigenvalue weighted by molar-refractivity contribution is 5.94. The second-order valence-corrected chi connectivity index (χ2v) is 7.81. The molecule has 1 aliphatic rings. The molecular weight excluding hydrogens is 395 g/mol. The number of halogens is 1. The Bertz CT molecular complexity index is 871. The highest BCUT2D eigenvalue weighted by Crippen LogP contribution is 2.22. The first-order valence-corrected chi connectivity index (χ1v) is 10.9. The van der Waals surface area contributed by atoms with Crippen molar-refractivity contribution in [2.45, 2.75) is 26.7 Å². The minimum atomic E-state index is -0.331. The lowest BCUT2D eigenvalue weighted by Crippen LogP contribution is -2.50. The Balaban J connectivity index is 1.44. The molecule has 3 rings (SSSR count). The molecule has 1 fully saturated rings. The van der Waals surface area contributed by atoms with Gasteiger partial charge in [0.15, 0.2) is 0 Å². The highest BCUT2D eigenvalue weighted by Gasteiger charge is 2.21. The molecule has 2 aromatic carbocycles. The molecule has 0 aromatic heterocycles. The summed E-state index contributed by atoms with van der Waals surface area (Å²) in [6, 6.07) is 11.9. The van der Waals surface area contributed by atoms with Gasteiger partial charge in [-0.25, -0.2) is 4.39 Å². The monoisotopic (exact) mass is 426 g/mol. The Morgan fingerprint density at radius 3 is 1.77 bits per heavy atom. The number of carbonyl (C=O) groups excluding carboxylic acids is 2. The molecule has 2 amide bonds. The minimum Gasteiger partial charge on any atom is -0.325 e. The molecule has 6 nitrogen and oxygen atoms in total. The lowest BCUT2D eigenvalue weighted by molar-refractivity contribution is -0.120. The van der Waals surface area contributed by atoms with Crippen molar-refractivity contribution in [1.82, 2.24) is 9.80 Å². The van der Waals surface area contributed by atoms with E-state index in [0.717, 1.165) is 55.8 Å². The number of benzene rings is 2. The predicted molar refractivity (Wildman–Crippen MR) is 122 cm³/mol. The second-order valence-electron chi connectivity index (χ2n) is 7.81. The first-order chi connectivity index (χ1) is 15.0. The van der Waals surface area contributed by atoms with E-state index in [1.54, 1.807) is 12.1 Å². The number of piperazine rings is 1. The van der Waals surface area contributed by atoms with Crippen molar-refractivity contribution in [3.63, 3.8) is 0 Å². The van der Waals surface area contributed by atoms with Crippen molar-refractivity contribution in [3.8, 4) is 0 Å². The van der Waals surface area contributed by atoms with Gasteiger partial charge in [-0.15, -0.1) is 0 Å². The molecular formula is C24H31FN4O2. The summed E-state index contributed by atoms with van der Waals surface area (Å²) in [4.78, 5) is 29.1. The molecule has 0 saturated carbocycles. The lowest BCUT2D eigenvalue weighted by Gasteiger charge is -2.33. The number of anilines is 2. The van der Waals surface area contributed by atoms with Gasteiger partial charge in [0.1, 0.15) is 5.82 Å².